The number of benzene rings is 2. The average molecular weight is 492 g/mol. The van der Waals surface area contributed by atoms with Crippen molar-refractivity contribution in [1.29, 1.82) is 0 Å². The first-order valence-corrected chi connectivity index (χ1v) is 11.5. The normalized spacial score (nSPS) is 10.6. The number of aromatic nitrogens is 2. The third kappa shape index (κ3) is 6.45. The second kappa shape index (κ2) is 10.1. The summed E-state index contributed by atoms with van der Waals surface area (Å²) < 4.78 is 1.76. The fourth-order valence-electron chi connectivity index (χ4n) is 2.50. The highest BCUT2D eigenvalue weighted by atomic mass is 79.9. The number of thioether (sulfide) groups is 1. The van der Waals surface area contributed by atoms with E-state index in [4.69, 9.17) is 0 Å². The summed E-state index contributed by atoms with van der Waals surface area (Å²) in [5, 5.41) is 12.2. The minimum Gasteiger partial charge on any atom is -0.378 e. The Bertz CT molecular complexity index is 962. The number of nitrogens with zero attached hydrogens (tertiary/aromatic N) is 4. The highest BCUT2D eigenvalue weighted by molar-refractivity contribution is 9.10. The lowest BCUT2D eigenvalue weighted by molar-refractivity contribution is -0.127. The molecule has 0 spiro atoms. The molecule has 3 aromatic rings. The minimum atomic E-state index is 0.0587. The molecule has 6 nitrogen and oxygen atoms in total. The molecule has 0 aliphatic heterocycles. The predicted molar refractivity (Wildman–Crippen MR) is 125 cm³/mol. The van der Waals surface area contributed by atoms with Crippen molar-refractivity contribution in [3.05, 3.63) is 58.6 Å². The van der Waals surface area contributed by atoms with Crippen LogP contribution in [0.3, 0.4) is 0 Å². The molecule has 0 saturated heterocycles. The van der Waals surface area contributed by atoms with E-state index >= 15 is 0 Å². The molecule has 2 aromatic carbocycles. The predicted octanol–water partition coefficient (Wildman–Crippen LogP) is 4.86. The molecule has 9 heteroatoms. The van der Waals surface area contributed by atoms with Crippen LogP contribution in [0, 0.1) is 0 Å². The standard InChI is InChI=1S/C20H22BrN5OS2/c1-25(2)17-9-7-14(8-10-17)12-26(3)18(27)13-28-20-24-23-19(29-20)22-16-6-4-5-15(21)11-16/h4-11H,12-13H2,1-3H3,(H,22,23). The summed E-state index contributed by atoms with van der Waals surface area (Å²) in [7, 11) is 5.84. The van der Waals surface area contributed by atoms with Crippen LogP contribution in [0.25, 0.3) is 0 Å². The Morgan fingerprint density at radius 2 is 1.90 bits per heavy atom. The van der Waals surface area contributed by atoms with Crippen molar-refractivity contribution in [3.63, 3.8) is 0 Å². The number of carbonyl (C=O) groups excluding carboxylic acids is 1. The molecule has 152 valence electrons. The fraction of sp³-hybridized carbons (Fsp3) is 0.250. The Balaban J connectivity index is 1.49. The van der Waals surface area contributed by atoms with Crippen LogP contribution in [0.4, 0.5) is 16.5 Å². The van der Waals surface area contributed by atoms with Crippen molar-refractivity contribution in [2.24, 2.45) is 0 Å². The monoisotopic (exact) mass is 491 g/mol. The van der Waals surface area contributed by atoms with E-state index in [1.54, 1.807) is 4.90 Å². The van der Waals surface area contributed by atoms with Gasteiger partial charge < -0.3 is 15.1 Å². The molecule has 29 heavy (non-hydrogen) atoms. The summed E-state index contributed by atoms with van der Waals surface area (Å²) in [5.74, 6) is 0.390. The molecule has 1 aromatic heterocycles. The van der Waals surface area contributed by atoms with E-state index in [0.717, 1.165) is 25.8 Å². The molecule has 0 bridgehead atoms. The zero-order valence-electron chi connectivity index (χ0n) is 16.4. The summed E-state index contributed by atoms with van der Waals surface area (Å²) in [4.78, 5) is 16.3. The van der Waals surface area contributed by atoms with Gasteiger partial charge in [-0.25, -0.2) is 0 Å². The Labute approximate surface area is 187 Å². The van der Waals surface area contributed by atoms with E-state index in [0.29, 0.717) is 17.4 Å². The van der Waals surface area contributed by atoms with Crippen LogP contribution in [-0.2, 0) is 11.3 Å². The van der Waals surface area contributed by atoms with Gasteiger partial charge >= 0.3 is 0 Å². The lowest BCUT2D eigenvalue weighted by Crippen LogP contribution is -2.27. The number of halogens is 1. The van der Waals surface area contributed by atoms with Gasteiger partial charge in [0.2, 0.25) is 11.0 Å². The summed E-state index contributed by atoms with van der Waals surface area (Å²) in [6, 6.07) is 16.1. The van der Waals surface area contributed by atoms with E-state index in [1.165, 1.54) is 23.1 Å². The molecule has 0 fully saturated rings. The molecular weight excluding hydrogens is 470 g/mol. The molecule has 0 saturated carbocycles. The molecule has 0 radical (unpaired) electrons. The molecule has 1 heterocycles. The smallest absolute Gasteiger partial charge is 0.233 e. The molecule has 3 rings (SSSR count). The molecule has 1 N–H and O–H groups in total. The highest BCUT2D eigenvalue weighted by Gasteiger charge is 2.13. The first-order valence-electron chi connectivity index (χ1n) is 8.90. The highest BCUT2D eigenvalue weighted by Crippen LogP contribution is 2.28. The molecule has 0 aliphatic rings. The van der Waals surface area contributed by atoms with Gasteiger partial charge in [-0.15, -0.1) is 10.2 Å². The largest absolute Gasteiger partial charge is 0.378 e. The van der Waals surface area contributed by atoms with Crippen LogP contribution >= 0.6 is 39.0 Å². The maximum absolute atomic E-state index is 12.5. The maximum atomic E-state index is 12.5. The zero-order valence-corrected chi connectivity index (χ0v) is 19.6. The number of anilines is 3. The Morgan fingerprint density at radius 1 is 1.14 bits per heavy atom. The number of hydrogen-bond donors (Lipinski definition) is 1. The number of carbonyl (C=O) groups is 1. The third-order valence-electron chi connectivity index (χ3n) is 4.10. The van der Waals surface area contributed by atoms with Gasteiger partial charge in [0.15, 0.2) is 4.34 Å². The number of hydrogen-bond acceptors (Lipinski definition) is 7. The number of nitrogens with one attached hydrogen (secondary N) is 1. The SMILES string of the molecule is CN(Cc1ccc(N(C)C)cc1)C(=O)CSc1nnc(Nc2cccc(Br)c2)s1. The van der Waals surface area contributed by atoms with E-state index in [-0.39, 0.29) is 5.91 Å². The topological polar surface area (TPSA) is 61.4 Å². The van der Waals surface area contributed by atoms with Crippen molar-refractivity contribution < 1.29 is 4.79 Å². The third-order valence-corrected chi connectivity index (χ3v) is 6.55. The first kappa shape index (κ1) is 21.6. The van der Waals surface area contributed by atoms with E-state index < -0.39 is 0 Å². The Kier molecular flexibility index (Phi) is 7.51. The summed E-state index contributed by atoms with van der Waals surface area (Å²) >= 11 is 6.29. The van der Waals surface area contributed by atoms with Gasteiger partial charge in [-0.2, -0.15) is 0 Å². The molecule has 0 aliphatic carbocycles. The van der Waals surface area contributed by atoms with Gasteiger partial charge in [0.25, 0.3) is 0 Å². The van der Waals surface area contributed by atoms with Crippen LogP contribution in [0.5, 0.6) is 0 Å². The van der Waals surface area contributed by atoms with Crippen LogP contribution in [0.1, 0.15) is 5.56 Å². The van der Waals surface area contributed by atoms with Crippen molar-refractivity contribution in [2.45, 2.75) is 10.9 Å². The quantitative estimate of drug-likeness (QED) is 0.454. The van der Waals surface area contributed by atoms with Gasteiger partial charge in [0.1, 0.15) is 0 Å². The Hall–Kier alpha value is -2.10. The van der Waals surface area contributed by atoms with Gasteiger partial charge in [-0.05, 0) is 35.9 Å². The summed E-state index contributed by atoms with van der Waals surface area (Å²) in [6.45, 7) is 0.582. The average Bonchev–Trinajstić information content (AvgIpc) is 3.13. The fourth-order valence-corrected chi connectivity index (χ4v) is 4.62. The lowest BCUT2D eigenvalue weighted by atomic mass is 10.2. The van der Waals surface area contributed by atoms with Crippen molar-refractivity contribution in [3.8, 4) is 0 Å². The van der Waals surface area contributed by atoms with Crippen molar-refractivity contribution in [1.82, 2.24) is 15.1 Å². The van der Waals surface area contributed by atoms with Gasteiger partial charge in [0.05, 0.1) is 5.75 Å². The zero-order chi connectivity index (χ0) is 20.8. The second-order valence-electron chi connectivity index (χ2n) is 6.61. The van der Waals surface area contributed by atoms with Crippen LogP contribution < -0.4 is 10.2 Å². The molecule has 0 atom stereocenters. The van der Waals surface area contributed by atoms with E-state index in [9.17, 15) is 4.79 Å². The van der Waals surface area contributed by atoms with Gasteiger partial charge in [0, 0.05) is 43.5 Å². The Morgan fingerprint density at radius 3 is 2.59 bits per heavy atom. The first-order chi connectivity index (χ1) is 13.9. The number of amides is 1. The maximum Gasteiger partial charge on any atom is 0.233 e. The molecular formula is C20H22BrN5OS2. The van der Waals surface area contributed by atoms with Crippen molar-refractivity contribution in [2.75, 3.05) is 37.1 Å². The van der Waals surface area contributed by atoms with Gasteiger partial charge in [-0.1, -0.05) is 57.2 Å². The summed E-state index contributed by atoms with van der Waals surface area (Å²) in [5.41, 5.74) is 3.18. The van der Waals surface area contributed by atoms with Crippen LogP contribution in [0.15, 0.2) is 57.3 Å². The minimum absolute atomic E-state index is 0.0587. The lowest BCUT2D eigenvalue weighted by Gasteiger charge is -2.18. The van der Waals surface area contributed by atoms with E-state index in [2.05, 4.69) is 60.6 Å². The molecule has 0 unspecified atom stereocenters. The van der Waals surface area contributed by atoms with Crippen LogP contribution in [0.2, 0.25) is 0 Å². The van der Waals surface area contributed by atoms with Gasteiger partial charge in [-0.3, -0.25) is 4.79 Å². The number of rotatable bonds is 8. The second-order valence-corrected chi connectivity index (χ2v) is 9.72. The van der Waals surface area contributed by atoms with Crippen LogP contribution in [-0.4, -0.2) is 47.9 Å². The molecule has 1 amide bonds. The van der Waals surface area contributed by atoms with E-state index in [1.807, 2.05) is 45.4 Å². The van der Waals surface area contributed by atoms with Crippen molar-refractivity contribution >= 4 is 61.4 Å². The summed E-state index contributed by atoms with van der Waals surface area (Å²) in [6.07, 6.45) is 0.